The maximum absolute atomic E-state index is 10.7. The van der Waals surface area contributed by atoms with E-state index < -0.39 is 10.9 Å². The molecular formula is C12H12N2O4. The average Bonchev–Trinajstić information content (AvgIpc) is 2.35. The van der Waals surface area contributed by atoms with Gasteiger partial charge in [0.25, 0.3) is 5.69 Å². The van der Waals surface area contributed by atoms with Crippen molar-refractivity contribution >= 4 is 17.4 Å². The highest BCUT2D eigenvalue weighted by Crippen LogP contribution is 2.26. The molecule has 1 aliphatic rings. The Balaban J connectivity index is 2.40. The van der Waals surface area contributed by atoms with Crippen molar-refractivity contribution in [1.29, 1.82) is 0 Å². The number of rotatable bonds is 2. The third-order valence-electron chi connectivity index (χ3n) is 2.76. The van der Waals surface area contributed by atoms with E-state index in [0.717, 1.165) is 18.4 Å². The smallest absolute Gasteiger partial charge is 0.318 e. The van der Waals surface area contributed by atoms with Crippen molar-refractivity contribution < 1.29 is 14.6 Å². The van der Waals surface area contributed by atoms with E-state index in [9.17, 15) is 14.9 Å². The normalized spacial score (nSPS) is 16.2. The van der Waals surface area contributed by atoms with Crippen LogP contribution < -0.4 is 0 Å². The molecule has 0 bridgehead atoms. The number of oxime groups is 1. The predicted molar refractivity (Wildman–Crippen MR) is 64.3 cm³/mol. The third kappa shape index (κ3) is 2.53. The van der Waals surface area contributed by atoms with E-state index in [4.69, 9.17) is 0 Å². The lowest BCUT2D eigenvalue weighted by Crippen LogP contribution is -2.13. The molecular weight excluding hydrogens is 236 g/mol. The number of hydrogen-bond acceptors (Lipinski definition) is 5. The van der Waals surface area contributed by atoms with Crippen LogP contribution in [-0.4, -0.2) is 16.6 Å². The van der Waals surface area contributed by atoms with Crippen molar-refractivity contribution in [3.8, 4) is 0 Å². The summed E-state index contributed by atoms with van der Waals surface area (Å²) in [5, 5.41) is 14.5. The van der Waals surface area contributed by atoms with Gasteiger partial charge in [0.15, 0.2) is 0 Å². The molecule has 1 aromatic rings. The number of fused-ring (bicyclic) bond motifs is 1. The van der Waals surface area contributed by atoms with Crippen molar-refractivity contribution in [3.05, 3.63) is 39.4 Å². The Labute approximate surface area is 103 Å². The lowest BCUT2D eigenvalue weighted by molar-refractivity contribution is -0.384. The summed E-state index contributed by atoms with van der Waals surface area (Å²) in [6, 6.07) is 4.69. The number of carbonyl (C=O) groups excluding carboxylic acids is 1. The van der Waals surface area contributed by atoms with Gasteiger partial charge in [-0.15, -0.1) is 0 Å². The van der Waals surface area contributed by atoms with Crippen LogP contribution in [0.4, 0.5) is 5.69 Å². The number of hydrogen-bond donors (Lipinski definition) is 0. The predicted octanol–water partition coefficient (Wildman–Crippen LogP) is 2.20. The number of nitro groups is 1. The number of aryl methyl sites for hydroxylation is 1. The molecule has 0 amide bonds. The number of nitro benzene ring substituents is 1. The van der Waals surface area contributed by atoms with Crippen LogP contribution in [0.5, 0.6) is 0 Å². The molecule has 2 rings (SSSR count). The standard InChI is InChI=1S/C12H12N2O4/c1-8(15)18-13-12-4-2-3-9-5-6-10(14(16)17)7-11(9)12/h5-7H,2-4H2,1H3/b13-12-. The fourth-order valence-electron chi connectivity index (χ4n) is 1.96. The van der Waals surface area contributed by atoms with Gasteiger partial charge in [0.2, 0.25) is 0 Å². The Morgan fingerprint density at radius 1 is 1.44 bits per heavy atom. The minimum Gasteiger partial charge on any atom is -0.318 e. The first-order valence-corrected chi connectivity index (χ1v) is 5.60. The van der Waals surface area contributed by atoms with Crippen molar-refractivity contribution in [2.75, 3.05) is 0 Å². The van der Waals surface area contributed by atoms with Crippen molar-refractivity contribution in [3.63, 3.8) is 0 Å². The highest BCUT2D eigenvalue weighted by molar-refractivity contribution is 6.03. The van der Waals surface area contributed by atoms with Crippen molar-refractivity contribution in [2.45, 2.75) is 26.2 Å². The summed E-state index contributed by atoms with van der Waals surface area (Å²) in [7, 11) is 0. The van der Waals surface area contributed by atoms with Gasteiger partial charge in [-0.3, -0.25) is 10.1 Å². The molecule has 0 N–H and O–H groups in total. The van der Waals surface area contributed by atoms with Crippen LogP contribution in [-0.2, 0) is 16.1 Å². The number of non-ortho nitro benzene ring substituents is 1. The molecule has 0 saturated heterocycles. The van der Waals surface area contributed by atoms with Crippen LogP contribution >= 0.6 is 0 Å². The summed E-state index contributed by atoms with van der Waals surface area (Å²) in [6.45, 7) is 1.27. The SMILES string of the molecule is CC(=O)O/N=C1/CCCc2ccc([N+](=O)[O-])cc21. The zero-order chi connectivity index (χ0) is 13.1. The first-order chi connectivity index (χ1) is 8.58. The Bertz CT molecular complexity index is 537. The van der Waals surface area contributed by atoms with E-state index in [2.05, 4.69) is 9.99 Å². The van der Waals surface area contributed by atoms with Gasteiger partial charge >= 0.3 is 5.97 Å². The summed E-state index contributed by atoms with van der Waals surface area (Å²) < 4.78 is 0. The van der Waals surface area contributed by atoms with Crippen LogP contribution in [0.2, 0.25) is 0 Å². The van der Waals surface area contributed by atoms with Gasteiger partial charge in [-0.25, -0.2) is 4.79 Å². The van der Waals surface area contributed by atoms with Crippen LogP contribution in [0.15, 0.2) is 23.4 Å². The zero-order valence-electron chi connectivity index (χ0n) is 9.88. The van der Waals surface area contributed by atoms with Gasteiger partial charge in [-0.1, -0.05) is 11.2 Å². The molecule has 0 radical (unpaired) electrons. The molecule has 0 unspecified atom stereocenters. The van der Waals surface area contributed by atoms with Gasteiger partial charge in [-0.05, 0) is 24.8 Å². The average molecular weight is 248 g/mol. The van der Waals surface area contributed by atoms with Gasteiger partial charge in [0, 0.05) is 24.6 Å². The first kappa shape index (κ1) is 12.2. The molecule has 18 heavy (non-hydrogen) atoms. The second kappa shape index (κ2) is 4.95. The fraction of sp³-hybridized carbons (Fsp3) is 0.333. The number of benzene rings is 1. The minimum atomic E-state index is -0.500. The summed E-state index contributed by atoms with van der Waals surface area (Å²) in [4.78, 5) is 25.6. The van der Waals surface area contributed by atoms with E-state index in [1.807, 2.05) is 0 Å². The molecule has 0 aliphatic heterocycles. The maximum atomic E-state index is 10.7. The van der Waals surface area contributed by atoms with Gasteiger partial charge < -0.3 is 4.84 Å². The highest BCUT2D eigenvalue weighted by atomic mass is 16.7. The lowest BCUT2D eigenvalue weighted by Gasteiger charge is -2.16. The van der Waals surface area contributed by atoms with E-state index in [1.165, 1.54) is 19.1 Å². The topological polar surface area (TPSA) is 81.8 Å². The first-order valence-electron chi connectivity index (χ1n) is 5.60. The Morgan fingerprint density at radius 3 is 2.89 bits per heavy atom. The second-order valence-corrected chi connectivity index (χ2v) is 4.07. The molecule has 0 saturated carbocycles. The fourth-order valence-corrected chi connectivity index (χ4v) is 1.96. The van der Waals surface area contributed by atoms with Gasteiger partial charge in [0.05, 0.1) is 10.6 Å². The molecule has 1 aliphatic carbocycles. The largest absolute Gasteiger partial charge is 0.331 e. The molecule has 0 heterocycles. The Kier molecular flexibility index (Phi) is 3.36. The molecule has 0 fully saturated rings. The zero-order valence-corrected chi connectivity index (χ0v) is 9.88. The number of carbonyl (C=O) groups is 1. The minimum absolute atomic E-state index is 0.0196. The highest BCUT2D eigenvalue weighted by Gasteiger charge is 2.19. The van der Waals surface area contributed by atoms with E-state index in [1.54, 1.807) is 6.07 Å². The summed E-state index contributed by atoms with van der Waals surface area (Å²) in [6.07, 6.45) is 2.40. The Hall–Kier alpha value is -2.24. The molecule has 94 valence electrons. The maximum Gasteiger partial charge on any atom is 0.331 e. The van der Waals surface area contributed by atoms with Gasteiger partial charge in [-0.2, -0.15) is 0 Å². The van der Waals surface area contributed by atoms with Crippen LogP contribution in [0.1, 0.15) is 30.9 Å². The quantitative estimate of drug-likeness (QED) is 0.456. The van der Waals surface area contributed by atoms with Crippen LogP contribution in [0, 0.1) is 10.1 Å². The molecule has 0 spiro atoms. The summed E-state index contributed by atoms with van der Waals surface area (Å²) in [5.74, 6) is -0.500. The van der Waals surface area contributed by atoms with Crippen molar-refractivity contribution in [1.82, 2.24) is 0 Å². The van der Waals surface area contributed by atoms with E-state index in [-0.39, 0.29) is 5.69 Å². The molecule has 1 aromatic carbocycles. The second-order valence-electron chi connectivity index (χ2n) is 4.07. The molecule has 6 heteroatoms. The summed E-state index contributed by atoms with van der Waals surface area (Å²) in [5.41, 5.74) is 2.32. The van der Waals surface area contributed by atoms with Crippen molar-refractivity contribution in [2.24, 2.45) is 5.16 Å². The van der Waals surface area contributed by atoms with Crippen LogP contribution in [0.3, 0.4) is 0 Å². The third-order valence-corrected chi connectivity index (χ3v) is 2.76. The lowest BCUT2D eigenvalue weighted by atomic mass is 9.90. The molecule has 0 atom stereocenters. The monoisotopic (exact) mass is 248 g/mol. The number of nitrogens with zero attached hydrogens (tertiary/aromatic N) is 2. The summed E-state index contributed by atoms with van der Waals surface area (Å²) >= 11 is 0. The Morgan fingerprint density at radius 2 is 2.22 bits per heavy atom. The van der Waals surface area contributed by atoms with E-state index in [0.29, 0.717) is 17.7 Å². The molecule has 0 aromatic heterocycles. The van der Waals surface area contributed by atoms with E-state index >= 15 is 0 Å². The van der Waals surface area contributed by atoms with Gasteiger partial charge in [0.1, 0.15) is 0 Å². The van der Waals surface area contributed by atoms with Crippen LogP contribution in [0.25, 0.3) is 0 Å². The molecule has 6 nitrogen and oxygen atoms in total.